The highest BCUT2D eigenvalue weighted by atomic mass is 16.5. The number of methoxy groups -OCH3 is 1. The standard InChI is InChI=1S/C15H22O2/c1-10(2)12-8-13(15(3,4)5)11(9-16)7-14(12)17-6/h7-10H,1-6H3. The lowest BCUT2D eigenvalue weighted by Crippen LogP contribution is -2.15. The van der Waals surface area contributed by atoms with Crippen LogP contribution < -0.4 is 4.74 Å². The Kier molecular flexibility index (Phi) is 3.97. The van der Waals surface area contributed by atoms with Crippen molar-refractivity contribution in [1.29, 1.82) is 0 Å². The fourth-order valence-corrected chi connectivity index (χ4v) is 1.99. The normalized spacial score (nSPS) is 11.7. The predicted octanol–water partition coefficient (Wildman–Crippen LogP) is 3.93. The first-order valence-electron chi connectivity index (χ1n) is 5.98. The van der Waals surface area contributed by atoms with Crippen LogP contribution in [0.4, 0.5) is 0 Å². The van der Waals surface area contributed by atoms with Crippen LogP contribution in [0.25, 0.3) is 0 Å². The average molecular weight is 234 g/mol. The molecule has 0 radical (unpaired) electrons. The summed E-state index contributed by atoms with van der Waals surface area (Å²) >= 11 is 0. The van der Waals surface area contributed by atoms with Crippen LogP contribution in [-0.4, -0.2) is 13.4 Å². The SMILES string of the molecule is COc1cc(C=O)c(C(C)(C)C)cc1C(C)C. The van der Waals surface area contributed by atoms with Crippen LogP contribution in [-0.2, 0) is 5.41 Å². The maximum absolute atomic E-state index is 11.2. The van der Waals surface area contributed by atoms with Crippen molar-refractivity contribution in [2.75, 3.05) is 7.11 Å². The molecule has 1 rings (SSSR count). The topological polar surface area (TPSA) is 26.3 Å². The van der Waals surface area contributed by atoms with Gasteiger partial charge < -0.3 is 4.74 Å². The summed E-state index contributed by atoms with van der Waals surface area (Å²) in [5.41, 5.74) is 2.92. The summed E-state index contributed by atoms with van der Waals surface area (Å²) in [5, 5.41) is 0. The van der Waals surface area contributed by atoms with Crippen LogP contribution in [0.1, 0.15) is 62.0 Å². The fraction of sp³-hybridized carbons (Fsp3) is 0.533. The van der Waals surface area contributed by atoms with Crippen molar-refractivity contribution in [1.82, 2.24) is 0 Å². The van der Waals surface area contributed by atoms with Crippen molar-refractivity contribution in [3.63, 3.8) is 0 Å². The summed E-state index contributed by atoms with van der Waals surface area (Å²) in [6, 6.07) is 3.95. The van der Waals surface area contributed by atoms with Gasteiger partial charge in [0.05, 0.1) is 7.11 Å². The van der Waals surface area contributed by atoms with Gasteiger partial charge in [-0.2, -0.15) is 0 Å². The molecule has 0 saturated carbocycles. The Morgan fingerprint density at radius 1 is 1.24 bits per heavy atom. The highest BCUT2D eigenvalue weighted by Gasteiger charge is 2.21. The minimum Gasteiger partial charge on any atom is -0.496 e. The molecule has 0 aliphatic carbocycles. The van der Waals surface area contributed by atoms with Gasteiger partial charge in [-0.15, -0.1) is 0 Å². The van der Waals surface area contributed by atoms with E-state index in [1.165, 1.54) is 0 Å². The van der Waals surface area contributed by atoms with Crippen molar-refractivity contribution in [3.05, 3.63) is 28.8 Å². The highest BCUT2D eigenvalue weighted by molar-refractivity contribution is 5.79. The largest absolute Gasteiger partial charge is 0.496 e. The lowest BCUT2D eigenvalue weighted by Gasteiger charge is -2.24. The third-order valence-corrected chi connectivity index (χ3v) is 2.96. The van der Waals surface area contributed by atoms with Gasteiger partial charge >= 0.3 is 0 Å². The van der Waals surface area contributed by atoms with E-state index in [4.69, 9.17) is 4.74 Å². The monoisotopic (exact) mass is 234 g/mol. The van der Waals surface area contributed by atoms with E-state index < -0.39 is 0 Å². The minimum absolute atomic E-state index is 0.0356. The second-order valence-corrected chi connectivity index (χ2v) is 5.70. The maximum Gasteiger partial charge on any atom is 0.150 e. The predicted molar refractivity (Wildman–Crippen MR) is 71.2 cm³/mol. The number of hydrogen-bond donors (Lipinski definition) is 0. The molecule has 0 aliphatic rings. The number of ether oxygens (including phenoxy) is 1. The number of carbonyl (C=O) groups is 1. The van der Waals surface area contributed by atoms with Crippen molar-refractivity contribution in [2.45, 2.75) is 46.0 Å². The summed E-state index contributed by atoms with van der Waals surface area (Å²) in [4.78, 5) is 11.2. The Labute approximate surface area is 104 Å². The molecule has 0 bridgehead atoms. The molecule has 0 amide bonds. The molecule has 0 aliphatic heterocycles. The van der Waals surface area contributed by atoms with E-state index in [1.807, 2.05) is 6.07 Å². The van der Waals surface area contributed by atoms with E-state index in [1.54, 1.807) is 7.11 Å². The van der Waals surface area contributed by atoms with Gasteiger partial charge in [-0.25, -0.2) is 0 Å². The smallest absolute Gasteiger partial charge is 0.150 e. The summed E-state index contributed by atoms with van der Waals surface area (Å²) in [7, 11) is 1.65. The van der Waals surface area contributed by atoms with Crippen LogP contribution in [0.3, 0.4) is 0 Å². The number of rotatable bonds is 3. The van der Waals surface area contributed by atoms with Gasteiger partial charge in [-0.3, -0.25) is 4.79 Å². The molecule has 2 nitrogen and oxygen atoms in total. The number of aldehydes is 1. The zero-order chi connectivity index (χ0) is 13.2. The molecule has 0 atom stereocenters. The number of carbonyl (C=O) groups excluding carboxylic acids is 1. The molecule has 0 spiro atoms. The molecule has 94 valence electrons. The van der Waals surface area contributed by atoms with Gasteiger partial charge in [0.15, 0.2) is 0 Å². The van der Waals surface area contributed by atoms with Crippen LogP contribution >= 0.6 is 0 Å². The van der Waals surface area contributed by atoms with Gasteiger partial charge in [-0.05, 0) is 28.5 Å². The van der Waals surface area contributed by atoms with E-state index >= 15 is 0 Å². The lowest BCUT2D eigenvalue weighted by atomic mass is 9.81. The minimum atomic E-state index is -0.0356. The molecule has 0 heterocycles. The van der Waals surface area contributed by atoms with Gasteiger partial charge in [0.25, 0.3) is 0 Å². The van der Waals surface area contributed by atoms with Crippen molar-refractivity contribution in [2.24, 2.45) is 0 Å². The van der Waals surface area contributed by atoms with E-state index in [2.05, 4.69) is 40.7 Å². The Balaban J connectivity index is 3.50. The van der Waals surface area contributed by atoms with Crippen molar-refractivity contribution < 1.29 is 9.53 Å². The van der Waals surface area contributed by atoms with Crippen LogP contribution in [0.15, 0.2) is 12.1 Å². The van der Waals surface area contributed by atoms with Crippen LogP contribution in [0, 0.1) is 0 Å². The maximum atomic E-state index is 11.2. The lowest BCUT2D eigenvalue weighted by molar-refractivity contribution is 0.112. The third-order valence-electron chi connectivity index (χ3n) is 2.96. The molecular weight excluding hydrogens is 212 g/mol. The molecule has 17 heavy (non-hydrogen) atoms. The average Bonchev–Trinajstić information content (AvgIpc) is 2.25. The molecule has 2 heteroatoms. The van der Waals surface area contributed by atoms with E-state index in [0.29, 0.717) is 5.92 Å². The fourth-order valence-electron chi connectivity index (χ4n) is 1.99. The first kappa shape index (κ1) is 13.8. The van der Waals surface area contributed by atoms with Gasteiger partial charge in [-0.1, -0.05) is 40.7 Å². The van der Waals surface area contributed by atoms with Crippen molar-refractivity contribution >= 4 is 6.29 Å². The summed E-state index contributed by atoms with van der Waals surface area (Å²) in [6.45, 7) is 10.6. The summed E-state index contributed by atoms with van der Waals surface area (Å²) in [5.74, 6) is 1.18. The Morgan fingerprint density at radius 3 is 2.18 bits per heavy atom. The zero-order valence-corrected chi connectivity index (χ0v) is 11.6. The number of hydrogen-bond acceptors (Lipinski definition) is 2. The quantitative estimate of drug-likeness (QED) is 0.741. The molecule has 1 aromatic carbocycles. The first-order valence-corrected chi connectivity index (χ1v) is 5.98. The van der Waals surface area contributed by atoms with E-state index in [-0.39, 0.29) is 5.41 Å². The molecule has 1 aromatic rings. The van der Waals surface area contributed by atoms with Crippen LogP contribution in [0.2, 0.25) is 0 Å². The second kappa shape index (κ2) is 4.91. The molecule has 0 fully saturated rings. The molecule has 0 aromatic heterocycles. The van der Waals surface area contributed by atoms with Crippen LogP contribution in [0.5, 0.6) is 5.75 Å². The third kappa shape index (κ3) is 2.87. The highest BCUT2D eigenvalue weighted by Crippen LogP contribution is 2.34. The first-order chi connectivity index (χ1) is 7.81. The van der Waals surface area contributed by atoms with E-state index in [0.717, 1.165) is 28.7 Å². The Morgan fingerprint density at radius 2 is 1.82 bits per heavy atom. The zero-order valence-electron chi connectivity index (χ0n) is 11.6. The summed E-state index contributed by atoms with van der Waals surface area (Å²) < 4.78 is 5.36. The molecule has 0 unspecified atom stereocenters. The summed E-state index contributed by atoms with van der Waals surface area (Å²) in [6.07, 6.45) is 0.910. The molecule has 0 N–H and O–H groups in total. The number of benzene rings is 1. The van der Waals surface area contributed by atoms with Gasteiger partial charge in [0.1, 0.15) is 12.0 Å². The molecular formula is C15H22O2. The Hall–Kier alpha value is -1.31. The second-order valence-electron chi connectivity index (χ2n) is 5.70. The van der Waals surface area contributed by atoms with Crippen molar-refractivity contribution in [3.8, 4) is 5.75 Å². The van der Waals surface area contributed by atoms with Gasteiger partial charge in [0.2, 0.25) is 0 Å². The van der Waals surface area contributed by atoms with E-state index in [9.17, 15) is 4.79 Å². The molecule has 0 saturated heterocycles. The van der Waals surface area contributed by atoms with Gasteiger partial charge in [0, 0.05) is 5.56 Å². The Bertz CT molecular complexity index is 412.